The average Bonchev–Trinajstić information content (AvgIpc) is 2.16. The number of benzene rings is 1. The Kier molecular flexibility index (Phi) is 2.60. The second-order valence-corrected chi connectivity index (χ2v) is 2.38. The zero-order chi connectivity index (χ0) is 9.84. The molecule has 0 heterocycles. The molecule has 0 radical (unpaired) electrons. The normalized spacial score (nSPS) is 9.00. The van der Waals surface area contributed by atoms with Crippen molar-refractivity contribution in [3.8, 4) is 11.5 Å². The Bertz CT molecular complexity index is 355. The van der Waals surface area contributed by atoms with Crippen LogP contribution in [0.15, 0.2) is 12.1 Å². The van der Waals surface area contributed by atoms with Crippen molar-refractivity contribution in [3.63, 3.8) is 0 Å². The Hall–Kier alpha value is -1.89. The van der Waals surface area contributed by atoms with Gasteiger partial charge in [-0.2, -0.15) is 0 Å². The maximum absolute atomic E-state index is 6.88. The molecule has 68 valence electrons. The van der Waals surface area contributed by atoms with E-state index in [0.29, 0.717) is 22.9 Å². The Balaban J connectivity index is 3.31. The SMILES string of the molecule is [C-]#[N+]c1c(N)cc(OC)cc1OC. The van der Waals surface area contributed by atoms with E-state index in [0.717, 1.165) is 0 Å². The highest BCUT2D eigenvalue weighted by Crippen LogP contribution is 2.37. The van der Waals surface area contributed by atoms with E-state index in [4.69, 9.17) is 21.8 Å². The van der Waals surface area contributed by atoms with Crippen LogP contribution in [0.25, 0.3) is 4.85 Å². The number of nitrogens with zero attached hydrogens (tertiary/aromatic N) is 1. The van der Waals surface area contributed by atoms with Crippen molar-refractivity contribution in [2.45, 2.75) is 0 Å². The second kappa shape index (κ2) is 3.68. The lowest BCUT2D eigenvalue weighted by molar-refractivity contribution is 0.396. The molecule has 13 heavy (non-hydrogen) atoms. The fourth-order valence-corrected chi connectivity index (χ4v) is 0.996. The molecule has 2 N–H and O–H groups in total. The first-order valence-electron chi connectivity index (χ1n) is 3.62. The molecule has 4 nitrogen and oxygen atoms in total. The highest BCUT2D eigenvalue weighted by molar-refractivity contribution is 5.76. The van der Waals surface area contributed by atoms with Gasteiger partial charge < -0.3 is 15.2 Å². The molecule has 0 bridgehead atoms. The predicted octanol–water partition coefficient (Wildman–Crippen LogP) is 1.84. The van der Waals surface area contributed by atoms with E-state index in [-0.39, 0.29) is 0 Å². The van der Waals surface area contributed by atoms with Crippen molar-refractivity contribution in [1.82, 2.24) is 0 Å². The molecule has 0 fully saturated rings. The molecule has 1 aromatic carbocycles. The Labute approximate surface area is 76.7 Å². The summed E-state index contributed by atoms with van der Waals surface area (Å²) in [5.74, 6) is 1.02. The summed E-state index contributed by atoms with van der Waals surface area (Å²) in [6.45, 7) is 6.88. The molecule has 0 atom stereocenters. The third kappa shape index (κ3) is 1.64. The zero-order valence-electron chi connectivity index (χ0n) is 7.50. The number of ether oxygens (including phenoxy) is 2. The summed E-state index contributed by atoms with van der Waals surface area (Å²) >= 11 is 0. The summed E-state index contributed by atoms with van der Waals surface area (Å²) in [6, 6.07) is 3.22. The fraction of sp³-hybridized carbons (Fsp3) is 0.222. The lowest BCUT2D eigenvalue weighted by Gasteiger charge is -2.08. The molecule has 0 amide bonds. The van der Waals surface area contributed by atoms with E-state index in [1.54, 1.807) is 12.1 Å². The Morgan fingerprint density at radius 2 is 2.00 bits per heavy atom. The molecule has 1 aromatic rings. The minimum Gasteiger partial charge on any atom is -0.508 e. The van der Waals surface area contributed by atoms with Gasteiger partial charge in [-0.05, 0) is 6.07 Å². The molecule has 0 unspecified atom stereocenters. The van der Waals surface area contributed by atoms with Crippen LogP contribution in [0.3, 0.4) is 0 Å². The third-order valence-electron chi connectivity index (χ3n) is 1.65. The zero-order valence-corrected chi connectivity index (χ0v) is 7.50. The number of nitrogen functional groups attached to an aromatic ring is 1. The molecule has 0 aromatic heterocycles. The van der Waals surface area contributed by atoms with E-state index < -0.39 is 0 Å². The quantitative estimate of drug-likeness (QED) is 0.555. The van der Waals surface area contributed by atoms with Crippen LogP contribution in [0.5, 0.6) is 11.5 Å². The molecule has 0 saturated heterocycles. The van der Waals surface area contributed by atoms with Crippen LogP contribution in [-0.2, 0) is 0 Å². The van der Waals surface area contributed by atoms with E-state index in [1.165, 1.54) is 14.2 Å². The van der Waals surface area contributed by atoms with Crippen LogP contribution >= 0.6 is 0 Å². The first-order valence-corrected chi connectivity index (χ1v) is 3.62. The van der Waals surface area contributed by atoms with Gasteiger partial charge in [-0.15, -0.1) is 0 Å². The lowest BCUT2D eigenvalue weighted by atomic mass is 10.2. The van der Waals surface area contributed by atoms with Gasteiger partial charge in [-0.25, -0.2) is 4.85 Å². The Morgan fingerprint density at radius 1 is 1.31 bits per heavy atom. The van der Waals surface area contributed by atoms with Crippen LogP contribution in [-0.4, -0.2) is 14.2 Å². The van der Waals surface area contributed by atoms with Gasteiger partial charge in [0.05, 0.1) is 20.8 Å². The molecule has 0 aliphatic rings. The first-order chi connectivity index (χ1) is 6.22. The molecular formula is C9H10N2O2. The van der Waals surface area contributed by atoms with Crippen LogP contribution < -0.4 is 15.2 Å². The summed E-state index contributed by atoms with van der Waals surface area (Å²) in [6.07, 6.45) is 0. The van der Waals surface area contributed by atoms with Crippen molar-refractivity contribution >= 4 is 11.4 Å². The van der Waals surface area contributed by atoms with Gasteiger partial charge in [0.2, 0.25) is 5.69 Å². The minimum atomic E-state index is 0.323. The van der Waals surface area contributed by atoms with Crippen LogP contribution in [0.2, 0.25) is 0 Å². The van der Waals surface area contributed by atoms with Gasteiger partial charge >= 0.3 is 0 Å². The number of hydrogen-bond donors (Lipinski definition) is 1. The second-order valence-electron chi connectivity index (χ2n) is 2.38. The number of nitrogens with two attached hydrogens (primary N) is 1. The van der Waals surface area contributed by atoms with Crippen molar-refractivity contribution < 1.29 is 9.47 Å². The lowest BCUT2D eigenvalue weighted by Crippen LogP contribution is -1.92. The third-order valence-corrected chi connectivity index (χ3v) is 1.65. The smallest absolute Gasteiger partial charge is 0.250 e. The van der Waals surface area contributed by atoms with E-state index >= 15 is 0 Å². The predicted molar refractivity (Wildman–Crippen MR) is 50.2 cm³/mol. The number of rotatable bonds is 2. The number of methoxy groups -OCH3 is 2. The Morgan fingerprint density at radius 3 is 2.46 bits per heavy atom. The van der Waals surface area contributed by atoms with Gasteiger partial charge in [0, 0.05) is 11.8 Å². The molecule has 4 heteroatoms. The summed E-state index contributed by atoms with van der Waals surface area (Å²) in [7, 11) is 3.02. The fourth-order valence-electron chi connectivity index (χ4n) is 0.996. The molecular weight excluding hydrogens is 168 g/mol. The maximum Gasteiger partial charge on any atom is 0.250 e. The largest absolute Gasteiger partial charge is 0.508 e. The molecule has 0 aliphatic carbocycles. The van der Waals surface area contributed by atoms with Crippen molar-refractivity contribution in [1.29, 1.82) is 0 Å². The van der Waals surface area contributed by atoms with E-state index in [1.807, 2.05) is 0 Å². The van der Waals surface area contributed by atoms with Crippen LogP contribution in [0.4, 0.5) is 11.4 Å². The van der Waals surface area contributed by atoms with E-state index in [2.05, 4.69) is 4.85 Å². The standard InChI is InChI=1S/C9H10N2O2/c1-11-9-7(10)4-6(12-2)5-8(9)13-3/h4-5H,10H2,2-3H3. The van der Waals surface area contributed by atoms with Gasteiger partial charge in [0.25, 0.3) is 0 Å². The molecule has 1 rings (SSSR count). The van der Waals surface area contributed by atoms with E-state index in [9.17, 15) is 0 Å². The average molecular weight is 178 g/mol. The highest BCUT2D eigenvalue weighted by atomic mass is 16.5. The topological polar surface area (TPSA) is 48.8 Å². The van der Waals surface area contributed by atoms with Crippen LogP contribution in [0.1, 0.15) is 0 Å². The summed E-state index contributed by atoms with van der Waals surface area (Å²) < 4.78 is 9.96. The monoisotopic (exact) mass is 178 g/mol. The molecule has 0 spiro atoms. The number of anilines is 1. The molecule has 0 aliphatic heterocycles. The van der Waals surface area contributed by atoms with Crippen LogP contribution in [0, 0.1) is 6.57 Å². The maximum atomic E-state index is 6.88. The van der Waals surface area contributed by atoms with Gasteiger partial charge in [0.1, 0.15) is 11.5 Å². The summed E-state index contributed by atoms with van der Waals surface area (Å²) in [5, 5.41) is 0. The van der Waals surface area contributed by atoms with Crippen molar-refractivity contribution in [2.75, 3.05) is 20.0 Å². The summed E-state index contributed by atoms with van der Waals surface area (Å²) in [5.41, 5.74) is 6.30. The molecule has 0 saturated carbocycles. The van der Waals surface area contributed by atoms with Crippen molar-refractivity contribution in [2.24, 2.45) is 0 Å². The van der Waals surface area contributed by atoms with Gasteiger partial charge in [-0.3, -0.25) is 0 Å². The van der Waals surface area contributed by atoms with Crippen molar-refractivity contribution in [3.05, 3.63) is 23.5 Å². The van der Waals surface area contributed by atoms with Gasteiger partial charge in [0.15, 0.2) is 0 Å². The van der Waals surface area contributed by atoms with Gasteiger partial charge in [-0.1, -0.05) is 0 Å². The number of hydrogen-bond acceptors (Lipinski definition) is 3. The summed E-state index contributed by atoms with van der Waals surface area (Å²) in [4.78, 5) is 3.26. The first kappa shape index (κ1) is 9.20. The highest BCUT2D eigenvalue weighted by Gasteiger charge is 2.09. The minimum absolute atomic E-state index is 0.323.